The van der Waals surface area contributed by atoms with Gasteiger partial charge >= 0.3 is 17.9 Å². The molecule has 0 aliphatic rings. The van der Waals surface area contributed by atoms with Crippen LogP contribution in [0.15, 0.2) is 176 Å². The Bertz CT molecular complexity index is 2970. The number of aliphatic carboxylic acids is 1. The summed E-state index contributed by atoms with van der Waals surface area (Å²) in [5, 5.41) is 24.1. The molecule has 0 heterocycles. The number of carboxylic acids is 1. The van der Waals surface area contributed by atoms with Gasteiger partial charge in [-0.3, -0.25) is 19.2 Å². The molecule has 0 radical (unpaired) electrons. The number of carbonyl (C=O) groups is 7. The van der Waals surface area contributed by atoms with Crippen LogP contribution in [0.25, 0.3) is 30.4 Å². The minimum atomic E-state index is -0.948. The second-order valence-electron chi connectivity index (χ2n) is 16.7. The van der Waals surface area contributed by atoms with Gasteiger partial charge in [-0.2, -0.15) is 12.6 Å². The van der Waals surface area contributed by atoms with Crippen LogP contribution >= 0.6 is 47.6 Å². The van der Waals surface area contributed by atoms with Gasteiger partial charge in [-0.1, -0.05) is 133 Å². The maximum absolute atomic E-state index is 11.5. The molecule has 5 aromatic rings. The van der Waals surface area contributed by atoms with Crippen LogP contribution in [0.4, 0.5) is 0 Å². The van der Waals surface area contributed by atoms with E-state index in [2.05, 4.69) is 12.6 Å². The fourth-order valence-electron chi connectivity index (χ4n) is 5.56. The number of benzene rings is 5. The van der Waals surface area contributed by atoms with Crippen molar-refractivity contribution in [2.45, 2.75) is 35.1 Å². The highest BCUT2D eigenvalue weighted by molar-refractivity contribution is 8.28. The second-order valence-corrected chi connectivity index (χ2v) is 22.2. The normalized spacial score (nSPS) is 10.3. The summed E-state index contributed by atoms with van der Waals surface area (Å²) < 4.78 is 29.8. The van der Waals surface area contributed by atoms with Crippen LogP contribution in [-0.4, -0.2) is 132 Å². The quantitative estimate of drug-likeness (QED) is 0.0140. The molecule has 0 unspecified atom stereocenters. The van der Waals surface area contributed by atoms with E-state index in [-0.39, 0.29) is 53.6 Å². The molecule has 0 amide bonds. The van der Waals surface area contributed by atoms with E-state index >= 15 is 0 Å². The minimum Gasteiger partial charge on any atom is -0.497 e. The van der Waals surface area contributed by atoms with E-state index in [4.69, 9.17) is 78.1 Å². The van der Waals surface area contributed by atoms with Crippen molar-refractivity contribution < 1.29 is 77.3 Å². The van der Waals surface area contributed by atoms with E-state index in [1.165, 1.54) is 42.0 Å². The number of thiol groups is 1. The molecule has 0 atom stereocenters. The highest BCUT2D eigenvalue weighted by Gasteiger charge is 2.02. The zero-order valence-corrected chi connectivity index (χ0v) is 55.7. The van der Waals surface area contributed by atoms with Crippen molar-refractivity contribution in [2.24, 2.45) is 0 Å². The molecule has 0 fully saturated rings. The highest BCUT2D eigenvalue weighted by atomic mass is 35.5. The number of aliphatic hydroxyl groups is 2. The van der Waals surface area contributed by atoms with E-state index in [1.807, 2.05) is 110 Å². The van der Waals surface area contributed by atoms with Gasteiger partial charge in [0.1, 0.15) is 36.2 Å². The number of ketones is 1. The molecule has 5 rings (SSSR count). The largest absolute Gasteiger partial charge is 0.497 e. The first-order valence-corrected chi connectivity index (χ1v) is 31.6. The van der Waals surface area contributed by atoms with E-state index in [0.29, 0.717) is 29.6 Å². The number of aliphatic hydroxyl groups excluding tert-OH is 2. The van der Waals surface area contributed by atoms with Crippen LogP contribution in [0.3, 0.4) is 0 Å². The third-order valence-corrected chi connectivity index (χ3v) is 13.3. The molecule has 0 aliphatic carbocycles. The second kappa shape index (κ2) is 57.8. The summed E-state index contributed by atoms with van der Waals surface area (Å²) in [4.78, 5) is 74.7. The van der Waals surface area contributed by atoms with Crippen LogP contribution in [0.1, 0.15) is 61.6 Å². The summed E-state index contributed by atoms with van der Waals surface area (Å²) in [6, 6.07) is 37.2. The lowest BCUT2D eigenvalue weighted by Crippen LogP contribution is -2.07. The molecule has 0 bridgehead atoms. The first-order chi connectivity index (χ1) is 42.6. The number of ether oxygens (including phenoxy) is 6. The van der Waals surface area contributed by atoms with Gasteiger partial charge in [-0.05, 0) is 170 Å². The molecule has 22 heteroatoms. The van der Waals surface area contributed by atoms with Crippen molar-refractivity contribution in [1.29, 1.82) is 0 Å². The van der Waals surface area contributed by atoms with Gasteiger partial charge in [0.05, 0.1) is 41.7 Å². The van der Waals surface area contributed by atoms with Gasteiger partial charge in [0.2, 0.25) is 15.6 Å². The van der Waals surface area contributed by atoms with Gasteiger partial charge in [0.15, 0.2) is 5.78 Å². The maximum atomic E-state index is 11.5. The number of allylic oxidation sites excluding steroid dienone is 5. The summed E-state index contributed by atoms with van der Waals surface area (Å²) in [6.07, 6.45) is 21.1. The molecular weight excluding hydrogens is 1270 g/mol. The summed E-state index contributed by atoms with van der Waals surface area (Å²) >= 11 is 19.9. The van der Waals surface area contributed by atoms with Gasteiger partial charge in [-0.15, -0.1) is 9.45 Å². The Labute approximate surface area is 557 Å². The third kappa shape index (κ3) is 52.3. The Morgan fingerprint density at radius 2 is 0.833 bits per heavy atom. The monoisotopic (exact) mass is 1350 g/mol. The van der Waals surface area contributed by atoms with Crippen LogP contribution in [0, 0.1) is 6.92 Å². The van der Waals surface area contributed by atoms with Crippen LogP contribution in [-0.2, 0) is 63.7 Å². The standard InChI is InChI=1S/C16H18O4S.C12H14O3S.C11H12O.C10H9ClO2.C10H10O3.C4H5ClO.C4H10O2S2.CH4/c1-3-4-16(18)21-12-11-20-15(17)10-7-13-5-8-14(19-2)9-6-13;1-14-11-5-2-10(3-6-11)4-7-12(13)15-8-9-16;1-9-3-6-11(7-4-9)8-5-10(2)12;2*1-13-9-5-2-8(3-6-9)4-7-10(11)12;1-2-3-4(5)6;5-1-3-8(7)4-2-6;/h3-10H,11-12H2,1-2H3;2-7,16H,8-9H2,1H3;3-8H,1-2H3;2-7H,1H3;2-7H,1H3,(H,11,12);2-3H,1H3;5-6H,1-4H2;1H4/b4-3+,10-7+;7-4+;;2*7-4+;;;. The molecule has 5 aromatic carbocycles. The average molecular weight is 1350 g/mol. The molecule has 0 aliphatic heterocycles. The first kappa shape index (κ1) is 86.5. The third-order valence-electron chi connectivity index (χ3n) is 9.85. The van der Waals surface area contributed by atoms with Crippen LogP contribution in [0.2, 0.25) is 0 Å². The van der Waals surface area contributed by atoms with E-state index in [0.717, 1.165) is 68.7 Å². The smallest absolute Gasteiger partial charge is 0.330 e. The molecule has 3 N–H and O–H groups in total. The number of carbonyl (C=O) groups excluding carboxylic acids is 6. The van der Waals surface area contributed by atoms with Crippen LogP contribution in [0.5, 0.6) is 23.0 Å². The molecular formula is C68H82Cl2O16S4. The molecule has 16 nitrogen and oxygen atoms in total. The Hall–Kier alpha value is -7.66. The summed E-state index contributed by atoms with van der Waals surface area (Å²) in [5.41, 5.74) is 5.85. The van der Waals surface area contributed by atoms with Crippen molar-refractivity contribution in [2.75, 3.05) is 77.9 Å². The number of aryl methyl sites for hydroxylation is 1. The number of rotatable bonds is 25. The van der Waals surface area contributed by atoms with Crippen molar-refractivity contribution >= 4 is 138 Å². The number of hydrogen-bond acceptors (Lipinski definition) is 18. The zero-order valence-electron chi connectivity index (χ0n) is 50.9. The first-order valence-electron chi connectivity index (χ1n) is 26.7. The van der Waals surface area contributed by atoms with Gasteiger partial charge in [-0.25, -0.2) is 14.4 Å². The summed E-state index contributed by atoms with van der Waals surface area (Å²) in [5.74, 6) is 3.72. The molecule has 0 aromatic heterocycles. The topological polar surface area (TPSA) is 236 Å². The fraction of sp³-hybridized carbons (Fsp3) is 0.250. The van der Waals surface area contributed by atoms with E-state index in [1.54, 1.807) is 110 Å². The Morgan fingerprint density at radius 3 is 1.12 bits per heavy atom. The van der Waals surface area contributed by atoms with E-state index in [9.17, 15) is 33.6 Å². The maximum Gasteiger partial charge on any atom is 0.330 e. The Balaban J connectivity index is -0.00000101. The number of thioether (sulfide) groups is 1. The lowest BCUT2D eigenvalue weighted by molar-refractivity contribution is -0.137. The lowest BCUT2D eigenvalue weighted by Gasteiger charge is -2.01. The minimum absolute atomic E-state index is 0. The molecule has 0 spiro atoms. The number of esters is 2. The summed E-state index contributed by atoms with van der Waals surface area (Å²) in [7, 11) is 6.21. The predicted octanol–water partition coefficient (Wildman–Crippen LogP) is 13.1. The SMILES string of the molecule is C.C/C=C/C(=O)SCCOC(=O)/C=C/c1ccc(OC)cc1.CC(=O)C=Cc1ccc(C)cc1.CC=CC(=O)Cl.COc1ccc(/C=C/C(=O)Cl)cc1.COc1ccc(/C=C/C(=O)O)cc1.COc1ccc(/C=C/C(=O)OCCS)cc1.OCCS(=S)CCO. The molecule has 0 saturated carbocycles. The number of carboxylic acid groups (broad SMARTS) is 1. The Kier molecular flexibility index (Phi) is 55.5. The van der Waals surface area contributed by atoms with Crippen molar-refractivity contribution in [3.63, 3.8) is 0 Å². The lowest BCUT2D eigenvalue weighted by atomic mass is 10.1. The van der Waals surface area contributed by atoms with Gasteiger partial charge in [0.25, 0.3) is 0 Å². The molecule has 488 valence electrons. The molecule has 90 heavy (non-hydrogen) atoms. The molecule has 0 saturated heterocycles. The van der Waals surface area contributed by atoms with Crippen molar-refractivity contribution in [3.05, 3.63) is 209 Å². The predicted molar refractivity (Wildman–Crippen MR) is 377 cm³/mol. The van der Waals surface area contributed by atoms with E-state index < -0.39 is 22.4 Å². The van der Waals surface area contributed by atoms with Crippen molar-refractivity contribution in [1.82, 2.24) is 0 Å². The highest BCUT2D eigenvalue weighted by Crippen LogP contribution is 2.16. The average Bonchev–Trinajstić information content (AvgIpc) is 3.71. The zero-order chi connectivity index (χ0) is 67.0. The number of methoxy groups -OCH3 is 4. The summed E-state index contributed by atoms with van der Waals surface area (Å²) in [6.45, 7) is 7.93. The van der Waals surface area contributed by atoms with Gasteiger partial charge in [0, 0.05) is 41.2 Å². The van der Waals surface area contributed by atoms with Gasteiger partial charge < -0.3 is 43.7 Å². The fourth-order valence-corrected chi connectivity index (χ4v) is 7.50. The number of hydrogen-bond donors (Lipinski definition) is 4. The number of halogens is 2. The van der Waals surface area contributed by atoms with Crippen molar-refractivity contribution in [3.8, 4) is 23.0 Å². The van der Waals surface area contributed by atoms with Crippen LogP contribution < -0.4 is 18.9 Å². The Morgan fingerprint density at radius 1 is 0.511 bits per heavy atom.